The van der Waals surface area contributed by atoms with Crippen molar-refractivity contribution in [3.8, 4) is 67.5 Å². The molecule has 0 unspecified atom stereocenters. The molecule has 0 aliphatic heterocycles. The van der Waals surface area contributed by atoms with E-state index >= 15 is 0 Å². The largest absolute Gasteiger partial charge is 0.507 e. The van der Waals surface area contributed by atoms with E-state index in [1.54, 1.807) is 36.4 Å². The Morgan fingerprint density at radius 3 is 1.98 bits per heavy atom. The topological polar surface area (TPSA) is 50.9 Å². The zero-order chi connectivity index (χ0) is 68.8. The third-order valence-electron chi connectivity index (χ3n) is 10.8. The summed E-state index contributed by atoms with van der Waals surface area (Å²) < 4.78 is 246. The summed E-state index contributed by atoms with van der Waals surface area (Å²) in [4.78, 5) is 9.39. The molecule has 5 heteroatoms. The Bertz CT molecular complexity index is 4090. The van der Waals surface area contributed by atoms with Crippen LogP contribution in [-0.2, 0) is 42.7 Å². The van der Waals surface area contributed by atoms with Gasteiger partial charge in [-0.2, -0.15) is 0 Å². The average Bonchev–Trinajstić information content (AvgIpc) is 0.800. The summed E-state index contributed by atoms with van der Waals surface area (Å²) >= 11 is 0. The fraction of sp³-hybridized carbons (Fsp3) is 0.288. The van der Waals surface area contributed by atoms with Gasteiger partial charge in [-0.15, -0.1) is 29.3 Å². The van der Waals surface area contributed by atoms with Gasteiger partial charge in [-0.05, 0) is 92.2 Å². The third-order valence-corrected chi connectivity index (χ3v) is 10.8. The van der Waals surface area contributed by atoms with Crippen molar-refractivity contribution in [2.45, 2.75) is 111 Å². The van der Waals surface area contributed by atoms with Crippen molar-refractivity contribution in [1.82, 2.24) is 14.5 Å². The van der Waals surface area contributed by atoms with E-state index in [2.05, 4.69) is 11.1 Å². The van der Waals surface area contributed by atoms with Crippen molar-refractivity contribution in [3.63, 3.8) is 0 Å². The number of phenols is 1. The molecular formula is C59H62N3OPt-. The molecule has 0 radical (unpaired) electrons. The maximum absolute atomic E-state index is 13.1. The van der Waals surface area contributed by atoms with Gasteiger partial charge >= 0.3 is 0 Å². The second-order valence-corrected chi connectivity index (χ2v) is 17.6. The Balaban J connectivity index is 0.0000120. The first kappa shape index (κ1) is 22.6. The number of imidazole rings is 1. The van der Waals surface area contributed by atoms with Crippen LogP contribution < -0.4 is 0 Å². The molecule has 2 aromatic heterocycles. The quantitative estimate of drug-likeness (QED) is 0.169. The standard InChI is InChI=1S/C59H62N3O.Pt/c1-37-22-24-39(25-23-37)41-28-29-60-50(34-41)43-30-42(31-44(32-43)56(2,3)4)46-20-17-21-52-53(46)61-55(47-35-45(57(5,6)7)36-49(54(47)63)59(11,12)13)62(52)51-27-26-40(33-48(51)58(8,9)10)38-18-15-14-16-19-38;/h14-29,31-36,63H,1-13H3;/q-1;/i1D3,5D3,6D3,7D3,11D3,12D3,13D3,22D,23D,24D,25D,28D,29D,34D;. The SMILES string of the molecule is [2H]c1nc(-c2[c-]c(-c3cccc4c3nc(-c3cc(C(C([2H])([2H])[2H])(C([2H])([2H])[2H])C([2H])([2H])[2H])cc(C(C([2H])([2H])[2H])(C([2H])([2H])[2H])C([2H])([2H])[2H])c3O)n4-c3ccc(-c4ccccc4)cc3C(C)(C)C)cc(C(C)(C)C)c2)c([2H])c(-c2c([2H])c([2H])c(C([2H])([2H])[2H])c([2H])c2[2H])c1[2H].[Pt]. The van der Waals surface area contributed by atoms with E-state index in [1.165, 1.54) is 10.6 Å². The first-order chi connectivity index (χ1) is 41.2. The smallest absolute Gasteiger partial charge is 0.148 e. The van der Waals surface area contributed by atoms with Crippen molar-refractivity contribution in [3.05, 3.63) is 167 Å². The molecule has 64 heavy (non-hydrogen) atoms. The van der Waals surface area contributed by atoms with Crippen LogP contribution in [0, 0.1) is 12.9 Å². The third kappa shape index (κ3) is 9.18. The number of fused-ring (bicyclic) bond motifs is 1. The Kier molecular flexibility index (Phi) is 6.02. The number of benzene rings is 6. The minimum atomic E-state index is -4.25. The fourth-order valence-electron chi connectivity index (χ4n) is 7.47. The summed E-state index contributed by atoms with van der Waals surface area (Å²) in [6, 6.07) is 21.0. The fourth-order valence-corrected chi connectivity index (χ4v) is 7.47. The summed E-state index contributed by atoms with van der Waals surface area (Å²) in [7, 11) is 0. The molecule has 2 heterocycles. The Hall–Kier alpha value is -5.57. The molecule has 330 valence electrons. The molecule has 0 atom stereocenters. The van der Waals surface area contributed by atoms with Crippen molar-refractivity contribution < 1.29 is 64.6 Å². The molecule has 0 saturated carbocycles. The van der Waals surface area contributed by atoms with Crippen molar-refractivity contribution in [1.29, 1.82) is 0 Å². The van der Waals surface area contributed by atoms with Gasteiger partial charge in [-0.3, -0.25) is 9.55 Å². The van der Waals surface area contributed by atoms with Crippen LogP contribution in [-0.4, -0.2) is 19.6 Å². The van der Waals surface area contributed by atoms with E-state index in [1.807, 2.05) is 77.9 Å². The van der Waals surface area contributed by atoms with Crippen LogP contribution in [0.1, 0.15) is 149 Å². The normalized spacial score (nSPS) is 20.2. The van der Waals surface area contributed by atoms with Crippen LogP contribution in [0.25, 0.3) is 72.7 Å². The first-order valence-corrected chi connectivity index (χ1v) is 20.0. The second kappa shape index (κ2) is 17.1. The number of para-hydroxylation sites is 1. The number of phenolic OH excluding ortho intramolecular Hbond substituents is 1. The maximum Gasteiger partial charge on any atom is 0.148 e. The van der Waals surface area contributed by atoms with E-state index in [4.69, 9.17) is 42.0 Å². The molecule has 0 aliphatic carbocycles. The van der Waals surface area contributed by atoms with Crippen LogP contribution in [0.3, 0.4) is 0 Å². The van der Waals surface area contributed by atoms with E-state index in [9.17, 15) is 6.48 Å². The molecule has 1 N–H and O–H groups in total. The predicted octanol–water partition coefficient (Wildman–Crippen LogP) is 15.8. The minimum Gasteiger partial charge on any atom is -0.507 e. The van der Waals surface area contributed by atoms with Crippen LogP contribution in [0.15, 0.2) is 133 Å². The maximum atomic E-state index is 13.1. The number of aromatic nitrogens is 3. The number of pyridine rings is 1. The van der Waals surface area contributed by atoms with E-state index in [0.29, 0.717) is 22.8 Å². The minimum absolute atomic E-state index is 0. The van der Waals surface area contributed by atoms with Gasteiger partial charge in [0.05, 0.1) is 31.9 Å². The van der Waals surface area contributed by atoms with Gasteiger partial charge in [-0.1, -0.05) is 184 Å². The molecule has 0 fully saturated rings. The van der Waals surface area contributed by atoms with Crippen LogP contribution in [0.4, 0.5) is 0 Å². The summed E-state index contributed by atoms with van der Waals surface area (Å²) in [5, 5.41) is 13.1. The summed E-state index contributed by atoms with van der Waals surface area (Å²) in [6.07, 6.45) is -0.798. The number of hydrogen-bond donors (Lipinski definition) is 1. The summed E-state index contributed by atoms with van der Waals surface area (Å²) in [5.74, 6) is -2.06. The summed E-state index contributed by atoms with van der Waals surface area (Å²) in [6.45, 7) is -17.2. The zero-order valence-corrected chi connectivity index (χ0v) is 38.0. The zero-order valence-electron chi connectivity index (χ0n) is 63.8. The Morgan fingerprint density at radius 2 is 1.31 bits per heavy atom. The predicted molar refractivity (Wildman–Crippen MR) is 266 cm³/mol. The van der Waals surface area contributed by atoms with Crippen LogP contribution >= 0.6 is 0 Å². The van der Waals surface area contributed by atoms with Crippen molar-refractivity contribution in [2.24, 2.45) is 0 Å². The van der Waals surface area contributed by atoms with Gasteiger partial charge in [0.25, 0.3) is 0 Å². The number of nitrogens with zero attached hydrogens (tertiary/aromatic N) is 3. The van der Waals surface area contributed by atoms with E-state index in [0.717, 1.165) is 5.56 Å². The number of rotatable bonds is 6. The molecule has 4 nitrogen and oxygen atoms in total. The molecular weight excluding hydrogens is 962 g/mol. The Morgan fingerprint density at radius 1 is 0.609 bits per heavy atom. The molecule has 6 aromatic carbocycles. The van der Waals surface area contributed by atoms with E-state index in [-0.39, 0.29) is 66.2 Å². The van der Waals surface area contributed by atoms with Crippen molar-refractivity contribution in [2.75, 3.05) is 0 Å². The monoisotopic (exact) mass is 1050 g/mol. The molecule has 0 spiro atoms. The molecule has 0 amide bonds. The molecule has 0 aliphatic rings. The van der Waals surface area contributed by atoms with Crippen LogP contribution in [0.2, 0.25) is 0 Å². The van der Waals surface area contributed by atoms with Gasteiger partial charge in [-0.25, -0.2) is 4.98 Å². The molecule has 0 saturated heterocycles. The van der Waals surface area contributed by atoms with Crippen LogP contribution in [0.5, 0.6) is 5.75 Å². The molecule has 0 bridgehead atoms. The van der Waals surface area contributed by atoms with Crippen molar-refractivity contribution >= 4 is 11.0 Å². The first-order valence-electron chi connectivity index (χ1n) is 34.0. The molecule has 8 rings (SSSR count). The Labute approximate surface area is 435 Å². The van der Waals surface area contributed by atoms with E-state index < -0.39 is 157 Å². The second-order valence-electron chi connectivity index (χ2n) is 17.6. The average molecular weight is 1050 g/mol. The number of hydrogen-bond acceptors (Lipinski definition) is 3. The number of aromatic hydroxyl groups is 1. The molecule has 8 aromatic rings. The van der Waals surface area contributed by atoms with Gasteiger partial charge in [0.2, 0.25) is 0 Å². The summed E-state index contributed by atoms with van der Waals surface area (Å²) in [5.41, 5.74) is -13.6. The van der Waals surface area contributed by atoms with Gasteiger partial charge in [0.15, 0.2) is 0 Å². The van der Waals surface area contributed by atoms with Gasteiger partial charge in [0.1, 0.15) is 11.6 Å². The van der Waals surface area contributed by atoms with Gasteiger partial charge in [0, 0.05) is 67.3 Å². The van der Waals surface area contributed by atoms with Gasteiger partial charge < -0.3 is 5.11 Å².